The van der Waals surface area contributed by atoms with Crippen LogP contribution in [0.15, 0.2) is 12.2 Å². The Morgan fingerprint density at radius 2 is 1.23 bits per heavy atom. The summed E-state index contributed by atoms with van der Waals surface area (Å²) in [4.78, 5) is 21.2. The summed E-state index contributed by atoms with van der Waals surface area (Å²) in [6.45, 7) is 16.8. The molecule has 0 aromatic heterocycles. The van der Waals surface area contributed by atoms with Crippen molar-refractivity contribution < 1.29 is 32.5 Å². The van der Waals surface area contributed by atoms with Gasteiger partial charge < -0.3 is 14.1 Å². The molecule has 0 amide bonds. The number of hydrogen-bond acceptors (Lipinski definition) is 5. The summed E-state index contributed by atoms with van der Waals surface area (Å²) in [6, 6.07) is 0. The molecule has 1 N–H and O–H groups in total. The maximum atomic E-state index is 12.1. The van der Waals surface area contributed by atoms with E-state index in [0.29, 0.717) is 18.4 Å². The van der Waals surface area contributed by atoms with E-state index >= 15 is 0 Å². The molecule has 0 heterocycles. The fourth-order valence-electron chi connectivity index (χ4n) is 3.44. The third-order valence-electron chi connectivity index (χ3n) is 5.36. The van der Waals surface area contributed by atoms with Crippen molar-refractivity contribution in [2.45, 2.75) is 85.5 Å². The highest BCUT2D eigenvalue weighted by atomic mass is 31.2. The molecule has 1 unspecified atom stereocenters. The molecule has 1 atom stereocenters. The predicted octanol–water partition coefficient (Wildman–Crippen LogP) is 5.63. The molecule has 0 bridgehead atoms. The lowest BCUT2D eigenvalue weighted by Gasteiger charge is -2.39. The van der Waals surface area contributed by atoms with Gasteiger partial charge in [0.2, 0.25) is 0 Å². The summed E-state index contributed by atoms with van der Waals surface area (Å²) in [5, 5.41) is 0. The maximum absolute atomic E-state index is 12.1. The quantitative estimate of drug-likeness (QED) is 0.0780. The summed E-state index contributed by atoms with van der Waals surface area (Å²) in [5.74, 6) is -0.427. The van der Waals surface area contributed by atoms with Gasteiger partial charge in [-0.3, -0.25) is 9.05 Å². The van der Waals surface area contributed by atoms with Crippen LogP contribution in [0.5, 0.6) is 0 Å². The molecule has 0 aliphatic heterocycles. The van der Waals surface area contributed by atoms with Gasteiger partial charge in [-0.25, -0.2) is 9.36 Å². The summed E-state index contributed by atoms with van der Waals surface area (Å²) < 4.78 is 28.4. The van der Waals surface area contributed by atoms with Gasteiger partial charge in [-0.15, -0.1) is 0 Å². The average Bonchev–Trinajstić information content (AvgIpc) is 2.74. The Morgan fingerprint density at radius 3 is 1.68 bits per heavy atom. The molecule has 0 aromatic carbocycles. The Balaban J connectivity index is 4.31. The van der Waals surface area contributed by atoms with Crippen LogP contribution in [-0.4, -0.2) is 61.3 Å². The lowest BCUT2D eigenvalue weighted by molar-refractivity contribution is -0.929. The molecule has 8 heteroatoms. The molecule has 31 heavy (non-hydrogen) atoms. The Labute approximate surface area is 190 Å². The molecule has 0 aliphatic rings. The molecule has 184 valence electrons. The monoisotopic (exact) mass is 464 g/mol. The van der Waals surface area contributed by atoms with Crippen LogP contribution < -0.4 is 0 Å². The van der Waals surface area contributed by atoms with Gasteiger partial charge in [0.05, 0.1) is 46.0 Å². The van der Waals surface area contributed by atoms with Gasteiger partial charge in [0, 0.05) is 12.0 Å². The van der Waals surface area contributed by atoms with Crippen molar-refractivity contribution in [1.29, 1.82) is 0 Å². The maximum Gasteiger partial charge on any atom is 0.472 e. The Hall–Kier alpha value is -0.720. The largest absolute Gasteiger partial charge is 0.472 e. The number of carbonyl (C=O) groups is 1. The van der Waals surface area contributed by atoms with Crippen molar-refractivity contribution >= 4 is 13.8 Å². The van der Waals surface area contributed by atoms with Gasteiger partial charge in [0.1, 0.15) is 0 Å². The second-order valence-corrected chi connectivity index (χ2v) is 9.86. The first-order valence-electron chi connectivity index (χ1n) is 12.0. The topological polar surface area (TPSA) is 82.1 Å². The van der Waals surface area contributed by atoms with Gasteiger partial charge in [-0.1, -0.05) is 46.6 Å². The number of phosphoric ester groups is 1. The van der Waals surface area contributed by atoms with Crippen molar-refractivity contribution in [3.8, 4) is 0 Å². The van der Waals surface area contributed by atoms with E-state index in [1.54, 1.807) is 6.92 Å². The highest BCUT2D eigenvalue weighted by Crippen LogP contribution is 2.43. The third-order valence-corrected chi connectivity index (χ3v) is 6.38. The second kappa shape index (κ2) is 17.8. The molecule has 0 saturated carbocycles. The standard InChI is InChI=1S/C23H46NO6P/c1-6-9-15-24(16-10-7-2,17-11-8-3)18-14-21-30-31(26,27)29-20-13-12-19-28-23(25)22(4)5/h4,6-21H2,1-3,5H3/p+1. The summed E-state index contributed by atoms with van der Waals surface area (Å²) >= 11 is 0. The second-order valence-electron chi connectivity index (χ2n) is 8.41. The summed E-state index contributed by atoms with van der Waals surface area (Å²) in [6.07, 6.45) is 8.95. The van der Waals surface area contributed by atoms with Crippen LogP contribution >= 0.6 is 7.82 Å². The van der Waals surface area contributed by atoms with Crippen molar-refractivity contribution in [3.05, 3.63) is 12.2 Å². The number of phosphoric acid groups is 1. The van der Waals surface area contributed by atoms with Crippen molar-refractivity contribution in [3.63, 3.8) is 0 Å². The van der Waals surface area contributed by atoms with E-state index in [1.165, 1.54) is 58.2 Å². The summed E-state index contributed by atoms with van der Waals surface area (Å²) in [7, 11) is -4.05. The molecule has 7 nitrogen and oxygen atoms in total. The number of esters is 1. The van der Waals surface area contributed by atoms with Crippen LogP contribution in [0.4, 0.5) is 0 Å². The van der Waals surface area contributed by atoms with Crippen LogP contribution in [0.3, 0.4) is 0 Å². The molecule has 0 aliphatic carbocycles. The molecule has 0 aromatic rings. The Morgan fingerprint density at radius 1 is 0.806 bits per heavy atom. The van der Waals surface area contributed by atoms with Gasteiger partial charge in [-0.2, -0.15) is 0 Å². The molecule has 0 rings (SSSR count). The number of nitrogens with zero attached hydrogens (tertiary/aromatic N) is 1. The lowest BCUT2D eigenvalue weighted by Crippen LogP contribution is -2.51. The minimum absolute atomic E-state index is 0.0852. The first-order valence-corrected chi connectivity index (χ1v) is 13.5. The van der Waals surface area contributed by atoms with E-state index < -0.39 is 13.8 Å². The van der Waals surface area contributed by atoms with E-state index in [4.69, 9.17) is 13.8 Å². The Kier molecular flexibility index (Phi) is 17.4. The number of rotatable bonds is 21. The first kappa shape index (κ1) is 30.3. The lowest BCUT2D eigenvalue weighted by atomic mass is 10.1. The fraction of sp³-hybridized carbons (Fsp3) is 0.870. The van der Waals surface area contributed by atoms with Crippen LogP contribution in [0.2, 0.25) is 0 Å². The zero-order valence-electron chi connectivity index (χ0n) is 20.4. The van der Waals surface area contributed by atoms with Crippen LogP contribution in [0, 0.1) is 0 Å². The average molecular weight is 465 g/mol. The van der Waals surface area contributed by atoms with Gasteiger partial charge in [0.25, 0.3) is 0 Å². The first-order chi connectivity index (χ1) is 14.7. The number of unbranched alkanes of at least 4 members (excludes halogenated alkanes) is 4. The van der Waals surface area contributed by atoms with Crippen molar-refractivity contribution in [1.82, 2.24) is 0 Å². The molecule has 0 spiro atoms. The normalized spacial score (nSPS) is 13.7. The van der Waals surface area contributed by atoms with E-state index in [-0.39, 0.29) is 19.8 Å². The summed E-state index contributed by atoms with van der Waals surface area (Å²) in [5.41, 5.74) is 0.353. The molecule has 0 fully saturated rings. The van der Waals surface area contributed by atoms with Gasteiger partial charge >= 0.3 is 13.8 Å². The van der Waals surface area contributed by atoms with Crippen molar-refractivity contribution in [2.75, 3.05) is 46.0 Å². The van der Waals surface area contributed by atoms with Gasteiger partial charge in [-0.05, 0) is 39.0 Å². The van der Waals surface area contributed by atoms with Crippen molar-refractivity contribution in [2.24, 2.45) is 0 Å². The Bertz CT molecular complexity index is 518. The zero-order chi connectivity index (χ0) is 23.6. The third kappa shape index (κ3) is 15.7. The van der Waals surface area contributed by atoms with E-state index in [1.807, 2.05) is 0 Å². The van der Waals surface area contributed by atoms with E-state index in [9.17, 15) is 14.3 Å². The SMILES string of the molecule is C=C(C)C(=O)OCCCCOP(=O)(O)OCCC[N+](CCCC)(CCCC)CCCC. The minimum Gasteiger partial charge on any atom is -0.462 e. The number of ether oxygens (including phenoxy) is 1. The molecular weight excluding hydrogens is 417 g/mol. The highest BCUT2D eigenvalue weighted by molar-refractivity contribution is 7.47. The number of hydrogen-bond donors (Lipinski definition) is 1. The fourth-order valence-corrected chi connectivity index (χ4v) is 4.23. The zero-order valence-corrected chi connectivity index (χ0v) is 21.3. The van der Waals surface area contributed by atoms with Crippen LogP contribution in [0.25, 0.3) is 0 Å². The van der Waals surface area contributed by atoms with E-state index in [2.05, 4.69) is 27.4 Å². The highest BCUT2D eigenvalue weighted by Gasteiger charge is 2.26. The molecule has 0 saturated heterocycles. The number of quaternary nitrogens is 1. The molecular formula is C23H47NO6P+. The minimum atomic E-state index is -4.05. The van der Waals surface area contributed by atoms with Gasteiger partial charge in [0.15, 0.2) is 0 Å². The molecule has 0 radical (unpaired) electrons. The predicted molar refractivity (Wildman–Crippen MR) is 126 cm³/mol. The van der Waals surface area contributed by atoms with Crippen LogP contribution in [0.1, 0.15) is 85.5 Å². The van der Waals surface area contributed by atoms with E-state index in [0.717, 1.165) is 17.4 Å². The number of carbonyl (C=O) groups excluding carboxylic acids is 1. The van der Waals surface area contributed by atoms with Crippen LogP contribution in [-0.2, 0) is 23.1 Å². The smallest absolute Gasteiger partial charge is 0.462 e.